The number of alkyl halides is 2. The van der Waals surface area contributed by atoms with Gasteiger partial charge in [0, 0.05) is 5.56 Å². The predicted octanol–water partition coefficient (Wildman–Crippen LogP) is 2.12. The highest BCUT2D eigenvalue weighted by Crippen LogP contribution is 2.34. The van der Waals surface area contributed by atoms with E-state index in [-0.39, 0.29) is 5.56 Å². The Hall–Kier alpha value is -2.37. The summed E-state index contributed by atoms with van der Waals surface area (Å²) in [6.45, 7) is 0. The Kier molecular flexibility index (Phi) is 2.29. The standard InChI is InChI=1S/C12H7F2N4/c13-12(14,11-15-17-18-16-11)10-6-5-8-3-1-2-4-9(8)7-10/h1-7H/q-1. The minimum Gasteiger partial charge on any atom is -0.329 e. The number of halogens is 2. The van der Waals surface area contributed by atoms with E-state index in [0.717, 1.165) is 10.8 Å². The van der Waals surface area contributed by atoms with Crippen molar-refractivity contribution in [3.63, 3.8) is 0 Å². The molecule has 6 heteroatoms. The molecule has 3 aromatic rings. The first-order valence-electron chi connectivity index (χ1n) is 5.24. The van der Waals surface area contributed by atoms with Crippen LogP contribution in [-0.2, 0) is 5.92 Å². The summed E-state index contributed by atoms with van der Waals surface area (Å²) in [4.78, 5) is 0. The van der Waals surface area contributed by atoms with Crippen LogP contribution in [-0.4, -0.2) is 15.5 Å². The summed E-state index contributed by atoms with van der Waals surface area (Å²) in [5.41, 5.74) is -0.170. The molecule has 0 radical (unpaired) electrons. The van der Waals surface area contributed by atoms with Gasteiger partial charge in [0.1, 0.15) is 0 Å². The van der Waals surface area contributed by atoms with Crippen molar-refractivity contribution >= 4 is 10.8 Å². The first-order chi connectivity index (χ1) is 8.68. The van der Waals surface area contributed by atoms with Gasteiger partial charge in [0.15, 0.2) is 0 Å². The molecule has 0 aliphatic rings. The minimum atomic E-state index is -3.28. The molecule has 0 saturated heterocycles. The van der Waals surface area contributed by atoms with E-state index in [1.807, 2.05) is 12.1 Å². The fourth-order valence-electron chi connectivity index (χ4n) is 1.78. The van der Waals surface area contributed by atoms with Crippen LogP contribution in [0.5, 0.6) is 0 Å². The number of nitrogens with zero attached hydrogens (tertiary/aromatic N) is 4. The molecule has 0 aliphatic heterocycles. The van der Waals surface area contributed by atoms with Gasteiger partial charge in [-0.3, -0.25) is 10.3 Å². The van der Waals surface area contributed by atoms with Gasteiger partial charge in [-0.05, 0) is 16.8 Å². The van der Waals surface area contributed by atoms with Crippen molar-refractivity contribution in [2.75, 3.05) is 0 Å². The topological polar surface area (TPSA) is 52.8 Å². The van der Waals surface area contributed by atoms with E-state index in [1.165, 1.54) is 12.1 Å². The Labute approximate surface area is 101 Å². The van der Waals surface area contributed by atoms with Gasteiger partial charge >= 0.3 is 5.92 Å². The lowest BCUT2D eigenvalue weighted by Gasteiger charge is -2.17. The number of tetrazole rings is 1. The van der Waals surface area contributed by atoms with Crippen LogP contribution in [0.15, 0.2) is 42.5 Å². The second kappa shape index (κ2) is 3.83. The van der Waals surface area contributed by atoms with Crippen LogP contribution in [0, 0.1) is 0 Å². The zero-order valence-electron chi connectivity index (χ0n) is 9.09. The predicted molar refractivity (Wildman–Crippen MR) is 60.1 cm³/mol. The molecule has 0 saturated carbocycles. The Balaban J connectivity index is 2.14. The SMILES string of the molecule is FC(F)(c1ccc2ccccc2c1)c1nnn[n-]1. The van der Waals surface area contributed by atoms with Crippen molar-refractivity contribution in [2.45, 2.75) is 5.92 Å². The Morgan fingerprint density at radius 2 is 1.78 bits per heavy atom. The lowest BCUT2D eigenvalue weighted by molar-refractivity contribution is 0.0325. The third-order valence-corrected chi connectivity index (χ3v) is 2.71. The molecule has 90 valence electrons. The van der Waals surface area contributed by atoms with E-state index >= 15 is 0 Å². The average molecular weight is 245 g/mol. The molecule has 1 heterocycles. The lowest BCUT2D eigenvalue weighted by Crippen LogP contribution is -2.18. The van der Waals surface area contributed by atoms with Gasteiger partial charge in [0.05, 0.1) is 5.82 Å². The van der Waals surface area contributed by atoms with Crippen LogP contribution in [0.25, 0.3) is 10.8 Å². The van der Waals surface area contributed by atoms with Gasteiger partial charge in [0.25, 0.3) is 0 Å². The fraction of sp³-hybridized carbons (Fsp3) is 0.0833. The van der Waals surface area contributed by atoms with Crippen molar-refractivity contribution < 1.29 is 8.78 Å². The molecule has 0 amide bonds. The van der Waals surface area contributed by atoms with E-state index in [0.29, 0.717) is 0 Å². The monoisotopic (exact) mass is 245 g/mol. The Bertz CT molecular complexity index is 679. The van der Waals surface area contributed by atoms with Crippen molar-refractivity contribution in [1.82, 2.24) is 20.6 Å². The van der Waals surface area contributed by atoms with Crippen molar-refractivity contribution in [1.29, 1.82) is 0 Å². The van der Waals surface area contributed by atoms with Gasteiger partial charge < -0.3 is 5.10 Å². The van der Waals surface area contributed by atoms with Crippen molar-refractivity contribution in [3.05, 3.63) is 53.9 Å². The number of rotatable bonds is 2. The summed E-state index contributed by atoms with van der Waals surface area (Å²) in [5, 5.41) is 14.3. The second-order valence-electron chi connectivity index (χ2n) is 3.84. The smallest absolute Gasteiger partial charge is 0.304 e. The maximum atomic E-state index is 14.0. The maximum absolute atomic E-state index is 14.0. The largest absolute Gasteiger partial charge is 0.329 e. The average Bonchev–Trinajstić information content (AvgIpc) is 2.92. The molecule has 0 N–H and O–H groups in total. The van der Waals surface area contributed by atoms with E-state index in [9.17, 15) is 8.78 Å². The van der Waals surface area contributed by atoms with Crippen molar-refractivity contribution in [3.8, 4) is 0 Å². The van der Waals surface area contributed by atoms with Crippen LogP contribution >= 0.6 is 0 Å². The highest BCUT2D eigenvalue weighted by Gasteiger charge is 2.33. The molecule has 3 rings (SSSR count). The number of hydrogen-bond donors (Lipinski definition) is 0. The third kappa shape index (κ3) is 1.62. The highest BCUT2D eigenvalue weighted by molar-refractivity contribution is 5.83. The zero-order chi connectivity index (χ0) is 12.6. The first-order valence-corrected chi connectivity index (χ1v) is 5.24. The van der Waals surface area contributed by atoms with E-state index in [1.54, 1.807) is 18.2 Å². The van der Waals surface area contributed by atoms with Crippen LogP contribution in [0.2, 0.25) is 0 Å². The number of fused-ring (bicyclic) bond motifs is 1. The summed E-state index contributed by atoms with van der Waals surface area (Å²) in [6, 6.07) is 11.7. The number of benzene rings is 2. The molecule has 18 heavy (non-hydrogen) atoms. The molecular weight excluding hydrogens is 238 g/mol. The normalized spacial score (nSPS) is 11.9. The maximum Gasteiger partial charge on any atom is 0.304 e. The van der Waals surface area contributed by atoms with Crippen LogP contribution in [0.1, 0.15) is 11.4 Å². The minimum absolute atomic E-state index is 0.170. The van der Waals surface area contributed by atoms with E-state index < -0.39 is 11.7 Å². The summed E-state index contributed by atoms with van der Waals surface area (Å²) < 4.78 is 28.1. The molecule has 0 spiro atoms. The molecule has 2 aromatic carbocycles. The number of aromatic nitrogens is 4. The van der Waals surface area contributed by atoms with E-state index in [4.69, 9.17) is 0 Å². The Morgan fingerprint density at radius 3 is 2.50 bits per heavy atom. The number of hydrogen-bond acceptors (Lipinski definition) is 3. The molecule has 0 aliphatic carbocycles. The lowest BCUT2D eigenvalue weighted by atomic mass is 10.0. The summed E-state index contributed by atoms with van der Waals surface area (Å²) >= 11 is 0. The molecule has 4 nitrogen and oxygen atoms in total. The van der Waals surface area contributed by atoms with Gasteiger partial charge in [-0.1, -0.05) is 36.4 Å². The molecular formula is C12H7F2N4-. The fourth-order valence-corrected chi connectivity index (χ4v) is 1.78. The van der Waals surface area contributed by atoms with Crippen LogP contribution < -0.4 is 5.10 Å². The van der Waals surface area contributed by atoms with Gasteiger partial charge in [0.2, 0.25) is 0 Å². The summed E-state index contributed by atoms with van der Waals surface area (Å²) in [5.74, 6) is -3.97. The summed E-state index contributed by atoms with van der Waals surface area (Å²) in [6.07, 6.45) is 0. The van der Waals surface area contributed by atoms with Crippen molar-refractivity contribution in [2.24, 2.45) is 0 Å². The first kappa shape index (κ1) is 10.8. The quantitative estimate of drug-likeness (QED) is 0.694. The second-order valence-corrected chi connectivity index (χ2v) is 3.84. The van der Waals surface area contributed by atoms with Gasteiger partial charge in [-0.25, -0.2) is 0 Å². The van der Waals surface area contributed by atoms with E-state index in [2.05, 4.69) is 20.6 Å². The Morgan fingerprint density at radius 1 is 1.00 bits per heavy atom. The van der Waals surface area contributed by atoms with Crippen LogP contribution in [0.4, 0.5) is 8.78 Å². The van der Waals surface area contributed by atoms with Crippen LogP contribution in [0.3, 0.4) is 0 Å². The molecule has 1 aromatic heterocycles. The van der Waals surface area contributed by atoms with Gasteiger partial charge in [-0.2, -0.15) is 14.0 Å². The molecule has 0 fully saturated rings. The summed E-state index contributed by atoms with van der Waals surface area (Å²) in [7, 11) is 0. The van der Waals surface area contributed by atoms with Gasteiger partial charge in [-0.15, -0.1) is 0 Å². The highest BCUT2D eigenvalue weighted by atomic mass is 19.3. The third-order valence-electron chi connectivity index (χ3n) is 2.71. The zero-order valence-corrected chi connectivity index (χ0v) is 9.09. The molecule has 0 unspecified atom stereocenters. The molecule has 0 atom stereocenters. The molecule has 0 bridgehead atoms.